The Bertz CT molecular complexity index is 558. The van der Waals surface area contributed by atoms with Crippen LogP contribution >= 0.6 is 0 Å². The highest BCUT2D eigenvalue weighted by Crippen LogP contribution is 2.31. The molecule has 21 heavy (non-hydrogen) atoms. The molecule has 0 bridgehead atoms. The summed E-state index contributed by atoms with van der Waals surface area (Å²) in [7, 11) is 4.17. The lowest BCUT2D eigenvalue weighted by Gasteiger charge is -2.18. The Labute approximate surface area is 128 Å². The SMILES string of the molecule is CCC(CCN)c1ccc(-c2ccccc2N(C)C)cc1. The van der Waals surface area contributed by atoms with Gasteiger partial charge in [-0.25, -0.2) is 0 Å². The van der Waals surface area contributed by atoms with Gasteiger partial charge in [-0.3, -0.25) is 0 Å². The van der Waals surface area contributed by atoms with Crippen LogP contribution in [0.5, 0.6) is 0 Å². The van der Waals surface area contributed by atoms with Gasteiger partial charge in [0.1, 0.15) is 0 Å². The Morgan fingerprint density at radius 1 is 1.00 bits per heavy atom. The van der Waals surface area contributed by atoms with Crippen LogP contribution in [0.2, 0.25) is 0 Å². The van der Waals surface area contributed by atoms with Gasteiger partial charge in [0.2, 0.25) is 0 Å². The minimum Gasteiger partial charge on any atom is -0.377 e. The van der Waals surface area contributed by atoms with Crippen LogP contribution in [0.1, 0.15) is 31.2 Å². The third kappa shape index (κ3) is 3.64. The van der Waals surface area contributed by atoms with E-state index in [4.69, 9.17) is 5.73 Å². The van der Waals surface area contributed by atoms with Gasteiger partial charge in [0.25, 0.3) is 0 Å². The van der Waals surface area contributed by atoms with Crippen LogP contribution in [-0.2, 0) is 0 Å². The zero-order valence-corrected chi connectivity index (χ0v) is 13.3. The normalized spacial score (nSPS) is 12.2. The summed E-state index contributed by atoms with van der Waals surface area (Å²) in [5.74, 6) is 0.577. The van der Waals surface area contributed by atoms with Crippen molar-refractivity contribution >= 4 is 5.69 Å². The second kappa shape index (κ2) is 7.28. The van der Waals surface area contributed by atoms with E-state index < -0.39 is 0 Å². The molecule has 0 amide bonds. The minimum absolute atomic E-state index is 0.577. The molecule has 2 heteroatoms. The lowest BCUT2D eigenvalue weighted by molar-refractivity contribution is 0.614. The van der Waals surface area contributed by atoms with Gasteiger partial charge in [-0.05, 0) is 42.5 Å². The first-order valence-corrected chi connectivity index (χ1v) is 7.74. The van der Waals surface area contributed by atoms with Gasteiger partial charge in [0, 0.05) is 25.3 Å². The van der Waals surface area contributed by atoms with Crippen LogP contribution in [-0.4, -0.2) is 20.6 Å². The van der Waals surface area contributed by atoms with E-state index >= 15 is 0 Å². The number of rotatable bonds is 6. The molecule has 0 aliphatic heterocycles. The molecule has 2 nitrogen and oxygen atoms in total. The molecule has 0 radical (unpaired) electrons. The second-order valence-corrected chi connectivity index (χ2v) is 5.72. The molecule has 1 unspecified atom stereocenters. The van der Waals surface area contributed by atoms with Crippen LogP contribution in [0.25, 0.3) is 11.1 Å². The summed E-state index contributed by atoms with van der Waals surface area (Å²) in [4.78, 5) is 2.16. The predicted octanol–water partition coefficient (Wildman–Crippen LogP) is 4.26. The molecule has 0 saturated heterocycles. The van der Waals surface area contributed by atoms with E-state index in [-0.39, 0.29) is 0 Å². The van der Waals surface area contributed by atoms with Crippen LogP contribution in [0.15, 0.2) is 48.5 Å². The number of benzene rings is 2. The molecule has 2 aromatic rings. The fourth-order valence-corrected chi connectivity index (χ4v) is 2.85. The van der Waals surface area contributed by atoms with Crippen LogP contribution in [0.4, 0.5) is 5.69 Å². The summed E-state index contributed by atoms with van der Waals surface area (Å²) in [5.41, 5.74) is 10.9. The number of hydrogen-bond acceptors (Lipinski definition) is 2. The monoisotopic (exact) mass is 282 g/mol. The van der Waals surface area contributed by atoms with E-state index in [2.05, 4.69) is 74.4 Å². The number of anilines is 1. The first-order valence-electron chi connectivity index (χ1n) is 7.74. The Hall–Kier alpha value is -1.80. The lowest BCUT2D eigenvalue weighted by Crippen LogP contribution is -2.09. The molecule has 0 saturated carbocycles. The molecule has 0 spiro atoms. The van der Waals surface area contributed by atoms with Crippen molar-refractivity contribution in [3.05, 3.63) is 54.1 Å². The molecule has 0 aliphatic carbocycles. The molecule has 0 fully saturated rings. The van der Waals surface area contributed by atoms with E-state index in [1.807, 2.05) is 0 Å². The molecule has 2 rings (SSSR count). The van der Waals surface area contributed by atoms with Gasteiger partial charge in [-0.2, -0.15) is 0 Å². The average molecular weight is 282 g/mol. The molecule has 1 atom stereocenters. The van der Waals surface area contributed by atoms with Gasteiger partial charge in [-0.1, -0.05) is 49.4 Å². The maximum Gasteiger partial charge on any atom is 0.0440 e. The molecule has 2 N–H and O–H groups in total. The summed E-state index contributed by atoms with van der Waals surface area (Å²) in [6.45, 7) is 2.99. The van der Waals surface area contributed by atoms with Gasteiger partial charge in [0.15, 0.2) is 0 Å². The first kappa shape index (κ1) is 15.6. The predicted molar refractivity (Wildman–Crippen MR) is 92.9 cm³/mol. The van der Waals surface area contributed by atoms with Crippen LogP contribution in [0, 0.1) is 0 Å². The Balaban J connectivity index is 2.31. The van der Waals surface area contributed by atoms with Gasteiger partial charge >= 0.3 is 0 Å². The van der Waals surface area contributed by atoms with Crippen molar-refractivity contribution in [2.24, 2.45) is 5.73 Å². The summed E-state index contributed by atoms with van der Waals surface area (Å²) in [6.07, 6.45) is 2.20. The number of nitrogens with two attached hydrogens (primary N) is 1. The van der Waals surface area contributed by atoms with E-state index in [9.17, 15) is 0 Å². The number of para-hydroxylation sites is 1. The zero-order chi connectivity index (χ0) is 15.2. The summed E-state index contributed by atoms with van der Waals surface area (Å²) < 4.78 is 0. The topological polar surface area (TPSA) is 29.3 Å². The highest BCUT2D eigenvalue weighted by atomic mass is 15.1. The lowest BCUT2D eigenvalue weighted by atomic mass is 9.91. The molecule has 0 aromatic heterocycles. The van der Waals surface area contributed by atoms with Gasteiger partial charge in [0.05, 0.1) is 0 Å². The molecular weight excluding hydrogens is 256 g/mol. The standard InChI is InChI=1S/C19H26N2/c1-4-15(13-14-20)16-9-11-17(12-10-16)18-7-5-6-8-19(18)21(2)3/h5-12,15H,4,13-14,20H2,1-3H3. The first-order chi connectivity index (χ1) is 10.2. The maximum atomic E-state index is 5.71. The van der Waals surface area contributed by atoms with Crippen LogP contribution < -0.4 is 10.6 Å². The third-order valence-electron chi connectivity index (χ3n) is 4.09. The minimum atomic E-state index is 0.577. The van der Waals surface area contributed by atoms with E-state index in [1.54, 1.807) is 0 Å². The highest BCUT2D eigenvalue weighted by Gasteiger charge is 2.10. The number of nitrogens with zero attached hydrogens (tertiary/aromatic N) is 1. The molecule has 0 aliphatic rings. The fourth-order valence-electron chi connectivity index (χ4n) is 2.85. The Morgan fingerprint density at radius 2 is 1.67 bits per heavy atom. The smallest absolute Gasteiger partial charge is 0.0440 e. The van der Waals surface area contributed by atoms with Crippen LogP contribution in [0.3, 0.4) is 0 Å². The Kier molecular flexibility index (Phi) is 5.40. The highest BCUT2D eigenvalue weighted by molar-refractivity contribution is 5.78. The van der Waals surface area contributed by atoms with Crippen molar-refractivity contribution in [1.82, 2.24) is 0 Å². The van der Waals surface area contributed by atoms with Crippen molar-refractivity contribution in [3.63, 3.8) is 0 Å². The maximum absolute atomic E-state index is 5.71. The fraction of sp³-hybridized carbons (Fsp3) is 0.368. The zero-order valence-electron chi connectivity index (χ0n) is 13.3. The average Bonchev–Trinajstić information content (AvgIpc) is 2.53. The van der Waals surface area contributed by atoms with E-state index in [0.717, 1.165) is 19.4 Å². The summed E-state index contributed by atoms with van der Waals surface area (Å²) in [6, 6.07) is 17.5. The summed E-state index contributed by atoms with van der Waals surface area (Å²) >= 11 is 0. The molecule has 2 aromatic carbocycles. The van der Waals surface area contributed by atoms with Gasteiger partial charge in [-0.15, -0.1) is 0 Å². The largest absolute Gasteiger partial charge is 0.377 e. The number of hydrogen-bond donors (Lipinski definition) is 1. The summed E-state index contributed by atoms with van der Waals surface area (Å²) in [5, 5.41) is 0. The van der Waals surface area contributed by atoms with E-state index in [1.165, 1.54) is 22.4 Å². The van der Waals surface area contributed by atoms with Crippen molar-refractivity contribution in [2.75, 3.05) is 25.5 Å². The van der Waals surface area contributed by atoms with Crippen molar-refractivity contribution < 1.29 is 0 Å². The van der Waals surface area contributed by atoms with Crippen molar-refractivity contribution in [2.45, 2.75) is 25.7 Å². The van der Waals surface area contributed by atoms with E-state index in [0.29, 0.717) is 5.92 Å². The molecular formula is C19H26N2. The molecule has 112 valence electrons. The second-order valence-electron chi connectivity index (χ2n) is 5.72. The quantitative estimate of drug-likeness (QED) is 0.857. The van der Waals surface area contributed by atoms with Gasteiger partial charge < -0.3 is 10.6 Å². The Morgan fingerprint density at radius 3 is 2.24 bits per heavy atom. The van der Waals surface area contributed by atoms with Crippen molar-refractivity contribution in [1.29, 1.82) is 0 Å². The molecule has 0 heterocycles. The third-order valence-corrected chi connectivity index (χ3v) is 4.09. The van der Waals surface area contributed by atoms with Crippen molar-refractivity contribution in [3.8, 4) is 11.1 Å².